The maximum atomic E-state index is 15.6. The highest BCUT2D eigenvalue weighted by Crippen LogP contribution is 2.49. The molecule has 0 bridgehead atoms. The molecule has 0 spiro atoms. The third-order valence-corrected chi connectivity index (χ3v) is 15.8. The van der Waals surface area contributed by atoms with E-state index in [-0.39, 0.29) is 42.0 Å². The molecule has 0 unspecified atom stereocenters. The minimum Gasteiger partial charge on any atom is -0.478 e. The van der Waals surface area contributed by atoms with Gasteiger partial charge in [0, 0.05) is 112 Å². The first-order valence-corrected chi connectivity index (χ1v) is 27.4. The molecule has 10 rings (SSSR count). The molecular formula is C59H60F4N9O8+. The van der Waals surface area contributed by atoms with Gasteiger partial charge in [0.05, 0.1) is 17.7 Å². The Morgan fingerprint density at radius 3 is 2.16 bits per heavy atom. The van der Waals surface area contributed by atoms with E-state index in [4.69, 9.17) is 15.5 Å². The summed E-state index contributed by atoms with van der Waals surface area (Å²) in [6.07, 6.45) is 11.7. The van der Waals surface area contributed by atoms with E-state index in [0.29, 0.717) is 54.0 Å². The Bertz CT molecular complexity index is 3520. The number of carbonyl (C=O) groups is 5. The number of aromatic carboxylic acids is 1. The molecular weight excluding hydrogens is 1040 g/mol. The van der Waals surface area contributed by atoms with Crippen molar-refractivity contribution < 1.29 is 56.6 Å². The van der Waals surface area contributed by atoms with Crippen LogP contribution in [0.2, 0.25) is 0 Å². The van der Waals surface area contributed by atoms with Crippen LogP contribution in [-0.2, 0) is 41.8 Å². The second kappa shape index (κ2) is 24.0. The van der Waals surface area contributed by atoms with E-state index in [2.05, 4.69) is 42.3 Å². The highest BCUT2D eigenvalue weighted by atomic mass is 19.2. The molecule has 5 aliphatic heterocycles. The van der Waals surface area contributed by atoms with Crippen LogP contribution in [-0.4, -0.2) is 84.1 Å². The van der Waals surface area contributed by atoms with Crippen LogP contribution in [0.15, 0.2) is 59.7 Å². The van der Waals surface area contributed by atoms with Gasteiger partial charge in [0.2, 0.25) is 17.2 Å². The van der Waals surface area contributed by atoms with Crippen molar-refractivity contribution in [3.63, 3.8) is 0 Å². The van der Waals surface area contributed by atoms with Crippen LogP contribution in [0.1, 0.15) is 147 Å². The molecule has 0 saturated carbocycles. The number of carbonyl (C=O) groups excluding carboxylic acids is 4. The van der Waals surface area contributed by atoms with Crippen molar-refractivity contribution in [1.82, 2.24) is 20.3 Å². The summed E-state index contributed by atoms with van der Waals surface area (Å²) in [5, 5.41) is 29.8. The van der Waals surface area contributed by atoms with E-state index >= 15 is 17.6 Å². The zero-order chi connectivity index (χ0) is 56.2. The molecule has 416 valence electrons. The van der Waals surface area contributed by atoms with Crippen LogP contribution in [0.4, 0.5) is 34.6 Å². The van der Waals surface area contributed by atoms with E-state index in [0.717, 1.165) is 128 Å². The van der Waals surface area contributed by atoms with Crippen molar-refractivity contribution in [2.45, 2.75) is 109 Å². The van der Waals surface area contributed by atoms with Crippen molar-refractivity contribution in [3.05, 3.63) is 155 Å². The van der Waals surface area contributed by atoms with E-state index in [9.17, 15) is 29.1 Å². The molecule has 0 fully saturated rings. The number of anilines is 2. The number of hydroxylamine groups is 1. The van der Waals surface area contributed by atoms with Crippen LogP contribution in [0, 0.1) is 23.3 Å². The number of hydrogen-bond acceptors (Lipinski definition) is 9. The molecule has 0 atom stereocenters. The number of carboxylic acid groups (broad SMARTS) is 1. The van der Waals surface area contributed by atoms with Crippen molar-refractivity contribution in [2.24, 2.45) is 5.11 Å². The van der Waals surface area contributed by atoms with Gasteiger partial charge in [0.1, 0.15) is 30.3 Å². The molecule has 80 heavy (non-hydrogen) atoms. The lowest BCUT2D eigenvalue weighted by Gasteiger charge is -2.35. The molecule has 5 aromatic rings. The van der Waals surface area contributed by atoms with Gasteiger partial charge in [0.25, 0.3) is 11.8 Å². The topological polar surface area (TPSA) is 229 Å². The molecule has 5 aliphatic rings. The first kappa shape index (κ1) is 55.0. The summed E-state index contributed by atoms with van der Waals surface area (Å²) in [7, 11) is 0. The summed E-state index contributed by atoms with van der Waals surface area (Å²) < 4.78 is 71.1. The quantitative estimate of drug-likeness (QED) is 0.00636. The van der Waals surface area contributed by atoms with E-state index in [1.54, 1.807) is 11.5 Å². The van der Waals surface area contributed by atoms with Crippen molar-refractivity contribution in [2.75, 3.05) is 49.5 Å². The summed E-state index contributed by atoms with van der Waals surface area (Å²) >= 11 is 0. The van der Waals surface area contributed by atoms with Crippen LogP contribution >= 0.6 is 0 Å². The Hall–Kier alpha value is -8.29. The van der Waals surface area contributed by atoms with Gasteiger partial charge < -0.3 is 30.3 Å². The molecule has 5 N–H and O–H groups in total. The molecule has 5 heterocycles. The number of benzene rings is 5. The normalized spacial score (nSPS) is 14.9. The zero-order valence-corrected chi connectivity index (χ0v) is 44.0. The maximum Gasteiger partial charge on any atom is 0.336 e. The first-order chi connectivity index (χ1) is 38.8. The largest absolute Gasteiger partial charge is 0.478 e. The van der Waals surface area contributed by atoms with Crippen molar-refractivity contribution in [1.29, 1.82) is 0 Å². The molecule has 21 heteroatoms. The Balaban J connectivity index is 0.966. The average Bonchev–Trinajstić information content (AvgIpc) is 3.92. The van der Waals surface area contributed by atoms with Crippen molar-refractivity contribution in [3.8, 4) is 11.5 Å². The lowest BCUT2D eigenvalue weighted by molar-refractivity contribution is -0.129. The monoisotopic (exact) mass is 1100 g/mol. The number of rotatable bonds is 18. The van der Waals surface area contributed by atoms with E-state index in [1.807, 2.05) is 0 Å². The number of ether oxygens (including phenoxy) is 1. The third kappa shape index (κ3) is 11.0. The van der Waals surface area contributed by atoms with Gasteiger partial charge in [0.15, 0.2) is 23.3 Å². The minimum atomic E-state index is -1.98. The summed E-state index contributed by atoms with van der Waals surface area (Å²) in [5.41, 5.74) is 15.3. The fourth-order valence-electron chi connectivity index (χ4n) is 12.1. The fourth-order valence-corrected chi connectivity index (χ4v) is 12.1. The lowest BCUT2D eigenvalue weighted by atomic mass is 9.82. The van der Waals surface area contributed by atoms with Crippen LogP contribution in [0.5, 0.6) is 11.5 Å². The van der Waals surface area contributed by atoms with Crippen LogP contribution in [0.25, 0.3) is 16.0 Å². The number of aryl methyl sites for hydroxylation is 2. The number of fused-ring (bicyclic) bond motifs is 4. The highest BCUT2D eigenvalue weighted by Gasteiger charge is 2.37. The van der Waals surface area contributed by atoms with Gasteiger partial charge >= 0.3 is 5.97 Å². The summed E-state index contributed by atoms with van der Waals surface area (Å²) in [4.78, 5) is 71.6. The van der Waals surface area contributed by atoms with Gasteiger partial charge in [-0.1, -0.05) is 18.0 Å². The van der Waals surface area contributed by atoms with Gasteiger partial charge in [-0.05, 0) is 135 Å². The Morgan fingerprint density at radius 2 is 1.43 bits per heavy atom. The summed E-state index contributed by atoms with van der Waals surface area (Å²) in [5.74, 6) is -9.98. The van der Waals surface area contributed by atoms with Gasteiger partial charge in [-0.15, -0.1) is 0 Å². The Labute approximate surface area is 457 Å². The third-order valence-electron chi connectivity index (χ3n) is 15.8. The SMILES string of the molecule is [N-]=[N+]=Nc1c(F)c(F)c(CN(CCNC(=O)c2ccc(C(=O)O)c(C3=c4cc5c6c(c4Oc4c3cc3c7c4CCCN7CCCC3)CCC[N+]=6CCCC5)c2)C(=O)c2ccc(NC(=O)CCCCCCC(=O)NO)cc2)c(F)c1F. The fraction of sp³-hybridized carbons (Fsp3) is 0.390. The molecule has 4 amide bonds. The second-order valence-corrected chi connectivity index (χ2v) is 20.9. The molecule has 0 aromatic heterocycles. The Kier molecular flexibility index (Phi) is 16.5. The number of nitrogens with one attached hydrogen (secondary N) is 3. The Morgan fingerprint density at radius 1 is 0.738 bits per heavy atom. The first-order valence-electron chi connectivity index (χ1n) is 27.4. The number of carboxylic acids is 1. The van der Waals surface area contributed by atoms with Crippen molar-refractivity contribution >= 4 is 52.2 Å². The predicted molar refractivity (Wildman–Crippen MR) is 288 cm³/mol. The zero-order valence-electron chi connectivity index (χ0n) is 44.0. The highest BCUT2D eigenvalue weighted by molar-refractivity contribution is 6.03. The maximum absolute atomic E-state index is 15.6. The molecule has 0 radical (unpaired) electrons. The standard InChI is InChI=1S/C59H59F4N9O8/c60-48-44(49(61)51(63)52(50(48)62)67-69-64)32-72(58(76)33-17-20-37(21-18-33)66-45(73)15-3-1-2-4-16-46(74)68-79)28-23-65-57(75)36-19-22-38(59(77)78)41(31-36)47-42-29-34-11-5-7-24-70-26-9-13-39(53(34)70)55(42)80-56-40-14-10-27-71-25-8-6-12-35(54(40)71)30-43(47)56/h17-22,29-31H,1-16,23-28,32H2,(H4-,65,66,68,73,74,75,76,77,78,79)/p+1. The number of azide groups is 1. The smallest absolute Gasteiger partial charge is 0.336 e. The molecule has 0 aliphatic carbocycles. The molecule has 5 aromatic carbocycles. The lowest BCUT2D eigenvalue weighted by Crippen LogP contribution is -2.41. The molecule has 0 saturated heterocycles. The van der Waals surface area contributed by atoms with Gasteiger partial charge in [-0.2, -0.15) is 0 Å². The van der Waals surface area contributed by atoms with E-state index in [1.165, 1.54) is 47.4 Å². The number of nitrogens with zero attached hydrogens (tertiary/aromatic N) is 6. The number of amides is 4. The summed E-state index contributed by atoms with van der Waals surface area (Å²) in [6.45, 7) is 1.82. The van der Waals surface area contributed by atoms with Crippen LogP contribution in [0.3, 0.4) is 0 Å². The number of hydrogen-bond donors (Lipinski definition) is 5. The van der Waals surface area contributed by atoms with Gasteiger partial charge in [-0.25, -0.2) is 32.4 Å². The molecule has 17 nitrogen and oxygen atoms in total. The second-order valence-electron chi connectivity index (χ2n) is 20.9. The van der Waals surface area contributed by atoms with Crippen LogP contribution < -0.4 is 40.9 Å². The number of unbranched alkanes of at least 4 members (excludes halogenated alkanes) is 3. The van der Waals surface area contributed by atoms with E-state index < -0.39 is 71.3 Å². The number of halogens is 4. The predicted octanol–water partition coefficient (Wildman–Crippen LogP) is 8.96. The summed E-state index contributed by atoms with van der Waals surface area (Å²) in [6, 6.07) is 14.1. The average molecular weight is 1100 g/mol. The van der Waals surface area contributed by atoms with Gasteiger partial charge in [-0.3, -0.25) is 24.4 Å². The minimum absolute atomic E-state index is 0.0397.